The lowest BCUT2D eigenvalue weighted by atomic mass is 9.92. The maximum Gasteiger partial charge on any atom is 0.324 e. The van der Waals surface area contributed by atoms with E-state index in [0.717, 1.165) is 27.7 Å². The third kappa shape index (κ3) is 4.55. The summed E-state index contributed by atoms with van der Waals surface area (Å²) >= 11 is 0. The second-order valence-electron chi connectivity index (χ2n) is 9.60. The topological polar surface area (TPSA) is 89.7 Å². The van der Waals surface area contributed by atoms with E-state index in [1.165, 1.54) is 12.1 Å². The van der Waals surface area contributed by atoms with E-state index >= 15 is 0 Å². The predicted molar refractivity (Wildman–Crippen MR) is 139 cm³/mol. The molecule has 3 aromatic heterocycles. The summed E-state index contributed by atoms with van der Waals surface area (Å²) in [7, 11) is 1.88. The molecule has 0 aliphatic rings. The van der Waals surface area contributed by atoms with Crippen LogP contribution in [0, 0.1) is 5.82 Å². The number of carbonyl (C=O) groups is 1. The molecule has 0 saturated carbocycles. The zero-order valence-electron chi connectivity index (χ0n) is 20.5. The molecule has 8 nitrogen and oxygen atoms in total. The number of fused-ring (bicyclic) bond motifs is 1. The summed E-state index contributed by atoms with van der Waals surface area (Å²) in [5.41, 5.74) is 4.72. The van der Waals surface area contributed by atoms with Crippen LogP contribution in [0.1, 0.15) is 26.5 Å². The number of hydrogen-bond donors (Lipinski definition) is 2. The number of amides is 2. The van der Waals surface area contributed by atoms with Gasteiger partial charge in [0.2, 0.25) is 0 Å². The quantitative estimate of drug-likeness (QED) is 0.333. The van der Waals surface area contributed by atoms with E-state index < -0.39 is 6.03 Å². The van der Waals surface area contributed by atoms with E-state index in [9.17, 15) is 9.18 Å². The lowest BCUT2D eigenvalue weighted by Gasteiger charge is -2.14. The Labute approximate surface area is 207 Å². The number of anilines is 2. The minimum Gasteiger partial charge on any atom is -0.308 e. The molecule has 2 N–H and O–H groups in total. The van der Waals surface area contributed by atoms with Crippen molar-refractivity contribution < 1.29 is 9.18 Å². The molecule has 0 bridgehead atoms. The minimum absolute atomic E-state index is 0.236. The normalized spacial score (nSPS) is 11.6. The van der Waals surface area contributed by atoms with Gasteiger partial charge in [0.05, 0.1) is 29.3 Å². The van der Waals surface area contributed by atoms with Gasteiger partial charge in [-0.05, 0) is 42.0 Å². The molecule has 0 atom stereocenters. The first-order valence-corrected chi connectivity index (χ1v) is 11.5. The van der Waals surface area contributed by atoms with E-state index in [0.29, 0.717) is 17.2 Å². The van der Waals surface area contributed by atoms with Gasteiger partial charge in [0.15, 0.2) is 0 Å². The van der Waals surface area contributed by atoms with Crippen molar-refractivity contribution in [1.29, 1.82) is 0 Å². The highest BCUT2D eigenvalue weighted by atomic mass is 19.1. The fraction of sp³-hybridized carbons (Fsp3) is 0.185. The molecule has 0 unspecified atom stereocenters. The Morgan fingerprint density at radius 2 is 1.67 bits per heavy atom. The number of benzene rings is 2. The molecular weight excluding hydrogens is 457 g/mol. The largest absolute Gasteiger partial charge is 0.324 e. The molecule has 5 rings (SSSR count). The zero-order chi connectivity index (χ0) is 25.4. The standard InChI is InChI=1S/C27H26FN7O/c1-27(2,3)24-13-25(35(33-24)20-11-7-18(28)8-12-20)32-26(36)31-19-9-5-17(6-10-19)21-14-29-16-23-22(21)15-30-34(23)4/h5-16H,1-4H3,(H2,31,32,36). The molecule has 0 aliphatic heterocycles. The second-order valence-corrected chi connectivity index (χ2v) is 9.60. The van der Waals surface area contributed by atoms with Crippen LogP contribution in [0.25, 0.3) is 27.7 Å². The number of halogens is 1. The van der Waals surface area contributed by atoms with Crippen LogP contribution in [0.3, 0.4) is 0 Å². The highest BCUT2D eigenvalue weighted by molar-refractivity contribution is 6.00. The van der Waals surface area contributed by atoms with Crippen LogP contribution in [-0.4, -0.2) is 30.6 Å². The number of aryl methyl sites for hydroxylation is 1. The fourth-order valence-corrected chi connectivity index (χ4v) is 3.92. The van der Waals surface area contributed by atoms with Crippen LogP contribution in [0.2, 0.25) is 0 Å². The number of hydrogen-bond acceptors (Lipinski definition) is 4. The van der Waals surface area contributed by atoms with Crippen molar-refractivity contribution >= 4 is 28.4 Å². The van der Waals surface area contributed by atoms with E-state index in [2.05, 4.69) is 25.8 Å². The highest BCUT2D eigenvalue weighted by Gasteiger charge is 2.21. The monoisotopic (exact) mass is 483 g/mol. The molecule has 2 amide bonds. The third-order valence-electron chi connectivity index (χ3n) is 5.92. The summed E-state index contributed by atoms with van der Waals surface area (Å²) in [4.78, 5) is 17.2. The van der Waals surface area contributed by atoms with Crippen molar-refractivity contribution in [2.75, 3.05) is 10.6 Å². The first-order valence-electron chi connectivity index (χ1n) is 11.5. The lowest BCUT2D eigenvalue weighted by Crippen LogP contribution is -2.21. The van der Waals surface area contributed by atoms with Gasteiger partial charge in [-0.3, -0.25) is 15.0 Å². The summed E-state index contributed by atoms with van der Waals surface area (Å²) in [5, 5.41) is 15.7. The Morgan fingerprint density at radius 1 is 0.944 bits per heavy atom. The van der Waals surface area contributed by atoms with Crippen LogP contribution < -0.4 is 10.6 Å². The summed E-state index contributed by atoms with van der Waals surface area (Å²) in [6, 6.07) is 14.9. The van der Waals surface area contributed by atoms with Gasteiger partial charge in [0.1, 0.15) is 11.6 Å². The Hall–Kier alpha value is -4.53. The number of aromatic nitrogens is 5. The van der Waals surface area contributed by atoms with Gasteiger partial charge in [-0.25, -0.2) is 13.9 Å². The number of rotatable bonds is 4. The molecule has 3 heterocycles. The highest BCUT2D eigenvalue weighted by Crippen LogP contribution is 2.29. The van der Waals surface area contributed by atoms with Crippen LogP contribution >= 0.6 is 0 Å². The van der Waals surface area contributed by atoms with Gasteiger partial charge >= 0.3 is 6.03 Å². The zero-order valence-corrected chi connectivity index (χ0v) is 20.5. The SMILES string of the molecule is Cn1ncc2c(-c3ccc(NC(=O)Nc4cc(C(C)(C)C)nn4-c4ccc(F)cc4)cc3)cncc21. The Kier molecular flexibility index (Phi) is 5.75. The van der Waals surface area contributed by atoms with Crippen molar-refractivity contribution in [2.45, 2.75) is 26.2 Å². The lowest BCUT2D eigenvalue weighted by molar-refractivity contribution is 0.262. The van der Waals surface area contributed by atoms with E-state index in [1.54, 1.807) is 27.7 Å². The van der Waals surface area contributed by atoms with Crippen molar-refractivity contribution in [3.63, 3.8) is 0 Å². The number of carbonyl (C=O) groups excluding carboxylic acids is 1. The Morgan fingerprint density at radius 3 is 2.36 bits per heavy atom. The smallest absolute Gasteiger partial charge is 0.308 e. The molecule has 2 aromatic carbocycles. The maximum atomic E-state index is 13.4. The third-order valence-corrected chi connectivity index (χ3v) is 5.92. The summed E-state index contributed by atoms with van der Waals surface area (Å²) < 4.78 is 16.8. The van der Waals surface area contributed by atoms with Gasteiger partial charge in [0, 0.05) is 41.4 Å². The van der Waals surface area contributed by atoms with Crippen LogP contribution in [0.5, 0.6) is 0 Å². The van der Waals surface area contributed by atoms with E-state index in [1.807, 2.05) is 70.5 Å². The molecule has 5 aromatic rings. The van der Waals surface area contributed by atoms with Crippen molar-refractivity contribution in [1.82, 2.24) is 24.5 Å². The fourth-order valence-electron chi connectivity index (χ4n) is 3.92. The molecule has 9 heteroatoms. The summed E-state index contributed by atoms with van der Waals surface area (Å²) in [6.07, 6.45) is 5.42. The molecule has 36 heavy (non-hydrogen) atoms. The van der Waals surface area contributed by atoms with Crippen LogP contribution in [0.4, 0.5) is 20.7 Å². The molecule has 0 radical (unpaired) electrons. The van der Waals surface area contributed by atoms with Gasteiger partial charge in [-0.15, -0.1) is 0 Å². The first kappa shape index (κ1) is 23.2. The average Bonchev–Trinajstić information content (AvgIpc) is 3.44. The molecule has 0 fully saturated rings. The van der Waals surface area contributed by atoms with E-state index in [4.69, 9.17) is 0 Å². The van der Waals surface area contributed by atoms with E-state index in [-0.39, 0.29) is 11.2 Å². The number of nitrogens with one attached hydrogen (secondary N) is 2. The van der Waals surface area contributed by atoms with Crippen molar-refractivity contribution in [3.05, 3.63) is 84.7 Å². The van der Waals surface area contributed by atoms with Crippen LogP contribution in [-0.2, 0) is 12.5 Å². The minimum atomic E-state index is -0.414. The van der Waals surface area contributed by atoms with Gasteiger partial charge in [-0.1, -0.05) is 32.9 Å². The number of pyridine rings is 1. The number of nitrogens with zero attached hydrogens (tertiary/aromatic N) is 5. The molecule has 0 aliphatic carbocycles. The van der Waals surface area contributed by atoms with Gasteiger partial charge < -0.3 is 5.32 Å². The predicted octanol–water partition coefficient (Wildman–Crippen LogP) is 5.90. The maximum absolute atomic E-state index is 13.4. The second kappa shape index (κ2) is 8.92. The Bertz CT molecular complexity index is 1540. The molecule has 182 valence electrons. The summed E-state index contributed by atoms with van der Waals surface area (Å²) in [6.45, 7) is 6.12. The Balaban J connectivity index is 1.36. The van der Waals surface area contributed by atoms with Crippen molar-refractivity contribution in [3.8, 4) is 16.8 Å². The molecule has 0 saturated heterocycles. The number of urea groups is 1. The first-order chi connectivity index (χ1) is 17.2. The summed E-state index contributed by atoms with van der Waals surface area (Å²) in [5.74, 6) is 0.142. The van der Waals surface area contributed by atoms with Gasteiger partial charge in [0.25, 0.3) is 0 Å². The van der Waals surface area contributed by atoms with Crippen LogP contribution in [0.15, 0.2) is 73.2 Å². The molecular formula is C27H26FN7O. The van der Waals surface area contributed by atoms with Crippen molar-refractivity contribution in [2.24, 2.45) is 7.05 Å². The van der Waals surface area contributed by atoms with Gasteiger partial charge in [-0.2, -0.15) is 10.2 Å². The average molecular weight is 484 g/mol. The molecule has 0 spiro atoms.